The van der Waals surface area contributed by atoms with Gasteiger partial charge in [0.25, 0.3) is 0 Å². The molecule has 0 unspecified atom stereocenters. The Morgan fingerprint density at radius 2 is 2.00 bits per heavy atom. The van der Waals surface area contributed by atoms with Gasteiger partial charge >= 0.3 is 5.97 Å². The number of nitrogens with zero attached hydrogens (tertiary/aromatic N) is 4. The number of hydrogen-bond acceptors (Lipinski definition) is 6. The predicted molar refractivity (Wildman–Crippen MR) is 107 cm³/mol. The van der Waals surface area contributed by atoms with Crippen molar-refractivity contribution < 1.29 is 9.53 Å². The SMILES string of the molecule is CCOC(=O)c1nn(C)c2c1CCc1cnc(Nc3cc(Cl)cc(Cl)c3)nc1-2. The van der Waals surface area contributed by atoms with E-state index in [-0.39, 0.29) is 0 Å². The standard InChI is InChI=1S/C19H17Cl2N5O2/c1-3-28-18(27)16-14-5-4-10-9-22-19(24-15(10)17(14)26(2)25-16)23-13-7-11(20)6-12(21)8-13/h6-9H,3-5H2,1-2H3,(H,22,23,24). The molecule has 0 bridgehead atoms. The number of halogens is 2. The number of hydrogen-bond donors (Lipinski definition) is 1. The van der Waals surface area contributed by atoms with Crippen molar-refractivity contribution in [3.63, 3.8) is 0 Å². The molecule has 1 N–H and O–H groups in total. The maximum Gasteiger partial charge on any atom is 0.359 e. The maximum absolute atomic E-state index is 12.2. The van der Waals surface area contributed by atoms with Crippen LogP contribution in [-0.4, -0.2) is 32.3 Å². The van der Waals surface area contributed by atoms with Crippen LogP contribution in [0.15, 0.2) is 24.4 Å². The van der Waals surface area contributed by atoms with Crippen LogP contribution in [0.1, 0.15) is 28.5 Å². The molecule has 144 valence electrons. The number of nitrogens with one attached hydrogen (secondary N) is 1. The van der Waals surface area contributed by atoms with E-state index in [1.807, 2.05) is 0 Å². The van der Waals surface area contributed by atoms with E-state index < -0.39 is 5.97 Å². The van der Waals surface area contributed by atoms with E-state index in [1.165, 1.54) is 0 Å². The third-order valence-electron chi connectivity index (χ3n) is 4.47. The van der Waals surface area contributed by atoms with Gasteiger partial charge in [-0.15, -0.1) is 0 Å². The summed E-state index contributed by atoms with van der Waals surface area (Å²) in [5, 5.41) is 8.53. The average molecular weight is 418 g/mol. The lowest BCUT2D eigenvalue weighted by molar-refractivity contribution is 0.0517. The number of benzene rings is 1. The van der Waals surface area contributed by atoms with Gasteiger partial charge in [-0.25, -0.2) is 14.8 Å². The zero-order valence-corrected chi connectivity index (χ0v) is 16.8. The number of carbonyl (C=O) groups is 1. The van der Waals surface area contributed by atoms with E-state index in [0.29, 0.717) is 40.4 Å². The molecule has 0 atom stereocenters. The molecule has 0 radical (unpaired) electrons. The van der Waals surface area contributed by atoms with Gasteiger partial charge in [0.15, 0.2) is 5.69 Å². The molecule has 3 aromatic rings. The van der Waals surface area contributed by atoms with Crippen LogP contribution in [0.25, 0.3) is 11.4 Å². The number of fused-ring (bicyclic) bond motifs is 3. The van der Waals surface area contributed by atoms with Crippen molar-refractivity contribution in [3.05, 3.63) is 51.3 Å². The van der Waals surface area contributed by atoms with E-state index >= 15 is 0 Å². The molecule has 4 rings (SSSR count). The summed E-state index contributed by atoms with van der Waals surface area (Å²) in [6.45, 7) is 2.08. The first-order valence-corrected chi connectivity index (χ1v) is 9.54. The topological polar surface area (TPSA) is 81.9 Å². The van der Waals surface area contributed by atoms with E-state index in [4.69, 9.17) is 27.9 Å². The average Bonchev–Trinajstić information content (AvgIpc) is 2.98. The molecule has 0 spiro atoms. The molecule has 0 saturated carbocycles. The lowest BCUT2D eigenvalue weighted by Crippen LogP contribution is -2.12. The highest BCUT2D eigenvalue weighted by Gasteiger charge is 2.29. The Morgan fingerprint density at radius 1 is 1.25 bits per heavy atom. The molecule has 1 aliphatic rings. The summed E-state index contributed by atoms with van der Waals surface area (Å²) in [7, 11) is 1.79. The molecule has 7 nitrogen and oxygen atoms in total. The van der Waals surface area contributed by atoms with Crippen LogP contribution in [0.2, 0.25) is 10.0 Å². The smallest absolute Gasteiger partial charge is 0.359 e. The second-order valence-corrected chi connectivity index (χ2v) is 7.24. The van der Waals surface area contributed by atoms with Crippen LogP contribution < -0.4 is 5.32 Å². The molecule has 28 heavy (non-hydrogen) atoms. The zero-order chi connectivity index (χ0) is 19.8. The summed E-state index contributed by atoms with van der Waals surface area (Å²) in [5.74, 6) is -0.00686. The highest BCUT2D eigenvalue weighted by Crippen LogP contribution is 2.34. The number of carbonyl (C=O) groups excluding carboxylic acids is 1. The van der Waals surface area contributed by atoms with E-state index in [1.54, 1.807) is 43.0 Å². The summed E-state index contributed by atoms with van der Waals surface area (Å²) in [6, 6.07) is 5.13. The van der Waals surface area contributed by atoms with Crippen LogP contribution in [0.5, 0.6) is 0 Å². The van der Waals surface area contributed by atoms with Gasteiger partial charge in [-0.2, -0.15) is 5.10 Å². The minimum atomic E-state index is -0.413. The fraction of sp³-hybridized carbons (Fsp3) is 0.263. The predicted octanol–water partition coefficient (Wildman–Crippen LogP) is 4.20. The quantitative estimate of drug-likeness (QED) is 0.640. The number of aromatic nitrogens is 4. The van der Waals surface area contributed by atoms with Crippen LogP contribution in [0.3, 0.4) is 0 Å². The first-order valence-electron chi connectivity index (χ1n) is 8.78. The minimum Gasteiger partial charge on any atom is -0.461 e. The van der Waals surface area contributed by atoms with Gasteiger partial charge in [0, 0.05) is 34.5 Å². The third-order valence-corrected chi connectivity index (χ3v) is 4.90. The summed E-state index contributed by atoms with van der Waals surface area (Å²) in [5.41, 5.74) is 4.44. The molecule has 0 aliphatic heterocycles. The Kier molecular flexibility index (Phi) is 4.95. The number of rotatable bonds is 4. The molecule has 2 heterocycles. The van der Waals surface area contributed by atoms with Crippen molar-refractivity contribution in [1.29, 1.82) is 0 Å². The summed E-state index contributed by atoms with van der Waals surface area (Å²) < 4.78 is 6.81. The van der Waals surface area contributed by atoms with Gasteiger partial charge in [-0.05, 0) is 43.5 Å². The highest BCUT2D eigenvalue weighted by molar-refractivity contribution is 6.35. The van der Waals surface area contributed by atoms with Crippen LogP contribution in [-0.2, 0) is 24.6 Å². The lowest BCUT2D eigenvalue weighted by atomic mass is 9.93. The highest BCUT2D eigenvalue weighted by atomic mass is 35.5. The van der Waals surface area contributed by atoms with Crippen LogP contribution in [0.4, 0.5) is 11.6 Å². The molecule has 0 saturated heterocycles. The van der Waals surface area contributed by atoms with Gasteiger partial charge < -0.3 is 10.1 Å². The van der Waals surface area contributed by atoms with Crippen LogP contribution >= 0.6 is 23.2 Å². The van der Waals surface area contributed by atoms with Gasteiger partial charge in [0.2, 0.25) is 5.95 Å². The Hall–Kier alpha value is -2.64. The molecule has 0 fully saturated rings. The first kappa shape index (κ1) is 18.7. The Labute approximate surface area is 171 Å². The number of anilines is 2. The van der Waals surface area contributed by atoms with Crippen molar-refractivity contribution in [3.8, 4) is 11.4 Å². The molecule has 1 aromatic carbocycles. The molecule has 2 aromatic heterocycles. The van der Waals surface area contributed by atoms with Gasteiger partial charge in [0.05, 0.1) is 18.0 Å². The fourth-order valence-electron chi connectivity index (χ4n) is 3.33. The second-order valence-electron chi connectivity index (χ2n) is 6.37. The first-order chi connectivity index (χ1) is 13.5. The Bertz CT molecular complexity index is 1060. The number of aryl methyl sites for hydroxylation is 2. The van der Waals surface area contributed by atoms with E-state index in [0.717, 1.165) is 28.9 Å². The summed E-state index contributed by atoms with van der Waals surface area (Å²) in [6.07, 6.45) is 3.20. The van der Waals surface area contributed by atoms with Crippen molar-refractivity contribution in [1.82, 2.24) is 19.7 Å². The number of ether oxygens (including phenoxy) is 1. The van der Waals surface area contributed by atoms with Crippen molar-refractivity contribution >= 4 is 40.8 Å². The monoisotopic (exact) mass is 417 g/mol. The van der Waals surface area contributed by atoms with Gasteiger partial charge in [-0.3, -0.25) is 4.68 Å². The van der Waals surface area contributed by atoms with Crippen LogP contribution in [0, 0.1) is 0 Å². The summed E-state index contributed by atoms with van der Waals surface area (Å²) in [4.78, 5) is 21.3. The molecular formula is C19H17Cl2N5O2. The normalized spacial score (nSPS) is 12.3. The number of esters is 1. The van der Waals surface area contributed by atoms with Gasteiger partial charge in [0.1, 0.15) is 0 Å². The minimum absolute atomic E-state index is 0.305. The molecular weight excluding hydrogens is 401 g/mol. The molecule has 1 aliphatic carbocycles. The van der Waals surface area contributed by atoms with Crippen molar-refractivity contribution in [2.24, 2.45) is 7.05 Å². The largest absolute Gasteiger partial charge is 0.461 e. The molecule has 9 heteroatoms. The lowest BCUT2D eigenvalue weighted by Gasteiger charge is -2.17. The van der Waals surface area contributed by atoms with Gasteiger partial charge in [-0.1, -0.05) is 23.2 Å². The Morgan fingerprint density at radius 3 is 2.71 bits per heavy atom. The zero-order valence-electron chi connectivity index (χ0n) is 15.3. The van der Waals surface area contributed by atoms with E-state index in [2.05, 4.69) is 20.4 Å². The van der Waals surface area contributed by atoms with Crippen molar-refractivity contribution in [2.75, 3.05) is 11.9 Å². The summed E-state index contributed by atoms with van der Waals surface area (Å²) >= 11 is 12.1. The molecule has 0 amide bonds. The maximum atomic E-state index is 12.2. The fourth-order valence-corrected chi connectivity index (χ4v) is 3.86. The second kappa shape index (κ2) is 7.41. The third kappa shape index (κ3) is 3.43. The Balaban J connectivity index is 1.73. The van der Waals surface area contributed by atoms with Crippen molar-refractivity contribution in [2.45, 2.75) is 19.8 Å². The van der Waals surface area contributed by atoms with E-state index in [9.17, 15) is 4.79 Å².